The molecule has 0 bridgehead atoms. The van der Waals surface area contributed by atoms with E-state index in [1.807, 2.05) is 0 Å². The topological polar surface area (TPSA) is 78.4 Å². The highest BCUT2D eigenvalue weighted by atomic mass is 32.2. The third kappa shape index (κ3) is 2.83. The number of thioether (sulfide) groups is 1. The molecule has 5 nitrogen and oxygen atoms in total. The number of aliphatic hydroxyl groups excluding tert-OH is 1. The monoisotopic (exact) mass is 266 g/mol. The first-order valence-corrected chi connectivity index (χ1v) is 6.57. The van der Waals surface area contributed by atoms with Gasteiger partial charge in [0, 0.05) is 17.0 Å². The molecule has 0 radical (unpaired) electrons. The molecule has 2 rings (SSSR count). The highest BCUT2D eigenvalue weighted by Crippen LogP contribution is 2.23. The van der Waals surface area contributed by atoms with Gasteiger partial charge in [0.05, 0.1) is 6.10 Å². The first-order valence-electron chi connectivity index (χ1n) is 5.59. The van der Waals surface area contributed by atoms with E-state index in [1.165, 1.54) is 0 Å². The summed E-state index contributed by atoms with van der Waals surface area (Å²) >= 11 is 1.09. The van der Waals surface area contributed by atoms with Crippen LogP contribution in [0.5, 0.6) is 0 Å². The predicted octanol–water partition coefficient (Wildman–Crippen LogP) is 1.50. The molecule has 3 N–H and O–H groups in total. The Morgan fingerprint density at radius 2 is 2.28 bits per heavy atom. The Balaban J connectivity index is 2.09. The Hall–Kier alpha value is -1.53. The number of aliphatic hydroxyl groups is 1. The zero-order chi connectivity index (χ0) is 13.1. The van der Waals surface area contributed by atoms with Crippen molar-refractivity contribution in [2.75, 3.05) is 11.1 Å². The SMILES string of the molecule is CC(O)c1ccccc1NC(=O)C1CSC(=O)N1. The number of rotatable bonds is 3. The molecule has 1 heterocycles. The van der Waals surface area contributed by atoms with E-state index in [-0.39, 0.29) is 11.1 Å². The fourth-order valence-electron chi connectivity index (χ4n) is 1.72. The van der Waals surface area contributed by atoms with Gasteiger partial charge in [0.1, 0.15) is 6.04 Å². The normalized spacial score (nSPS) is 20.3. The fourth-order valence-corrected chi connectivity index (χ4v) is 2.50. The van der Waals surface area contributed by atoms with Crippen LogP contribution >= 0.6 is 11.8 Å². The van der Waals surface area contributed by atoms with Crippen molar-refractivity contribution < 1.29 is 14.7 Å². The van der Waals surface area contributed by atoms with Crippen molar-refractivity contribution in [1.29, 1.82) is 0 Å². The van der Waals surface area contributed by atoms with E-state index in [2.05, 4.69) is 10.6 Å². The van der Waals surface area contributed by atoms with Gasteiger partial charge in [-0.15, -0.1) is 0 Å². The number of amides is 2. The number of carbonyl (C=O) groups is 2. The molecule has 1 fully saturated rings. The Labute approximate surface area is 109 Å². The molecule has 2 atom stereocenters. The van der Waals surface area contributed by atoms with E-state index in [9.17, 15) is 14.7 Å². The van der Waals surface area contributed by atoms with Crippen LogP contribution in [0.2, 0.25) is 0 Å². The minimum atomic E-state index is -0.658. The Morgan fingerprint density at radius 1 is 1.56 bits per heavy atom. The number of hydrogen-bond donors (Lipinski definition) is 3. The van der Waals surface area contributed by atoms with Gasteiger partial charge in [-0.3, -0.25) is 9.59 Å². The summed E-state index contributed by atoms with van der Waals surface area (Å²) in [5.74, 6) is 0.170. The number of anilines is 1. The molecule has 1 saturated heterocycles. The smallest absolute Gasteiger partial charge is 0.279 e. The number of nitrogens with one attached hydrogen (secondary N) is 2. The largest absolute Gasteiger partial charge is 0.389 e. The highest BCUT2D eigenvalue weighted by molar-refractivity contribution is 8.14. The van der Waals surface area contributed by atoms with E-state index in [1.54, 1.807) is 31.2 Å². The summed E-state index contributed by atoms with van der Waals surface area (Å²) in [4.78, 5) is 22.9. The minimum Gasteiger partial charge on any atom is -0.389 e. The highest BCUT2D eigenvalue weighted by Gasteiger charge is 2.28. The molecular weight excluding hydrogens is 252 g/mol. The molecule has 1 aliphatic heterocycles. The number of benzene rings is 1. The molecule has 1 aromatic rings. The predicted molar refractivity (Wildman–Crippen MR) is 70.5 cm³/mol. The summed E-state index contributed by atoms with van der Waals surface area (Å²) in [6.45, 7) is 1.64. The molecular formula is C12H14N2O3S. The van der Waals surface area contributed by atoms with Gasteiger partial charge in [-0.1, -0.05) is 30.0 Å². The summed E-state index contributed by atoms with van der Waals surface area (Å²) in [7, 11) is 0. The van der Waals surface area contributed by atoms with Crippen molar-refractivity contribution in [1.82, 2.24) is 5.32 Å². The molecule has 2 amide bonds. The van der Waals surface area contributed by atoms with Crippen LogP contribution in [-0.4, -0.2) is 28.0 Å². The van der Waals surface area contributed by atoms with Crippen molar-refractivity contribution in [2.45, 2.75) is 19.1 Å². The maximum atomic E-state index is 11.9. The summed E-state index contributed by atoms with van der Waals surface area (Å²) < 4.78 is 0. The van der Waals surface area contributed by atoms with E-state index >= 15 is 0 Å². The zero-order valence-electron chi connectivity index (χ0n) is 9.84. The lowest BCUT2D eigenvalue weighted by atomic mass is 10.1. The Bertz CT molecular complexity index is 476. The maximum Gasteiger partial charge on any atom is 0.279 e. The van der Waals surface area contributed by atoms with Gasteiger partial charge in [-0.05, 0) is 13.0 Å². The van der Waals surface area contributed by atoms with Crippen LogP contribution in [0.15, 0.2) is 24.3 Å². The van der Waals surface area contributed by atoms with Gasteiger partial charge in [0.25, 0.3) is 5.24 Å². The van der Waals surface area contributed by atoms with Crippen molar-refractivity contribution in [3.8, 4) is 0 Å². The standard InChI is InChI=1S/C12H14N2O3S/c1-7(15)8-4-2-3-5-9(8)13-11(16)10-6-18-12(17)14-10/h2-5,7,10,15H,6H2,1H3,(H,13,16)(H,14,17). The maximum absolute atomic E-state index is 11.9. The number of para-hydroxylation sites is 1. The second-order valence-electron chi connectivity index (χ2n) is 4.05. The van der Waals surface area contributed by atoms with Crippen molar-refractivity contribution in [2.24, 2.45) is 0 Å². The van der Waals surface area contributed by atoms with Gasteiger partial charge in [0.2, 0.25) is 5.91 Å². The molecule has 6 heteroatoms. The summed E-state index contributed by atoms with van der Waals surface area (Å²) in [6, 6.07) is 6.55. The summed E-state index contributed by atoms with van der Waals surface area (Å²) in [6.07, 6.45) is -0.658. The molecule has 1 aromatic carbocycles. The lowest BCUT2D eigenvalue weighted by Crippen LogP contribution is -2.38. The van der Waals surface area contributed by atoms with Crippen LogP contribution in [-0.2, 0) is 4.79 Å². The van der Waals surface area contributed by atoms with Crippen molar-refractivity contribution in [3.63, 3.8) is 0 Å². The molecule has 0 aliphatic carbocycles. The van der Waals surface area contributed by atoms with E-state index in [0.29, 0.717) is 17.0 Å². The Kier molecular flexibility index (Phi) is 3.88. The minimum absolute atomic E-state index is 0.182. The second kappa shape index (κ2) is 5.41. The molecule has 96 valence electrons. The van der Waals surface area contributed by atoms with Crippen LogP contribution in [0.1, 0.15) is 18.6 Å². The molecule has 18 heavy (non-hydrogen) atoms. The molecule has 1 aliphatic rings. The number of hydrogen-bond acceptors (Lipinski definition) is 4. The second-order valence-corrected chi connectivity index (χ2v) is 5.04. The van der Waals surface area contributed by atoms with Gasteiger partial charge in [0.15, 0.2) is 0 Å². The Morgan fingerprint density at radius 3 is 2.89 bits per heavy atom. The zero-order valence-corrected chi connectivity index (χ0v) is 10.7. The average Bonchev–Trinajstić information content (AvgIpc) is 2.76. The van der Waals surface area contributed by atoms with E-state index < -0.39 is 12.1 Å². The first-order chi connectivity index (χ1) is 8.58. The van der Waals surface area contributed by atoms with Crippen LogP contribution in [0.3, 0.4) is 0 Å². The van der Waals surface area contributed by atoms with Crippen LogP contribution in [0.4, 0.5) is 10.5 Å². The number of carbonyl (C=O) groups excluding carboxylic acids is 2. The lowest BCUT2D eigenvalue weighted by molar-refractivity contribution is -0.117. The van der Waals surface area contributed by atoms with Gasteiger partial charge in [-0.25, -0.2) is 0 Å². The lowest BCUT2D eigenvalue weighted by Gasteiger charge is -2.15. The van der Waals surface area contributed by atoms with Gasteiger partial charge in [-0.2, -0.15) is 0 Å². The van der Waals surface area contributed by atoms with Crippen LogP contribution in [0.25, 0.3) is 0 Å². The van der Waals surface area contributed by atoms with E-state index in [4.69, 9.17) is 0 Å². The van der Waals surface area contributed by atoms with Crippen LogP contribution < -0.4 is 10.6 Å². The average molecular weight is 266 g/mol. The quantitative estimate of drug-likeness (QED) is 0.774. The van der Waals surface area contributed by atoms with Gasteiger partial charge >= 0.3 is 0 Å². The molecule has 2 unspecified atom stereocenters. The summed E-state index contributed by atoms with van der Waals surface area (Å²) in [5.41, 5.74) is 1.23. The first kappa shape index (κ1) is 12.9. The van der Waals surface area contributed by atoms with Crippen molar-refractivity contribution in [3.05, 3.63) is 29.8 Å². The van der Waals surface area contributed by atoms with E-state index in [0.717, 1.165) is 11.8 Å². The third-order valence-electron chi connectivity index (χ3n) is 2.66. The third-order valence-corrected chi connectivity index (χ3v) is 3.54. The molecule has 0 spiro atoms. The van der Waals surface area contributed by atoms with Crippen LogP contribution in [0, 0.1) is 0 Å². The molecule has 0 saturated carbocycles. The molecule has 0 aromatic heterocycles. The van der Waals surface area contributed by atoms with Crippen molar-refractivity contribution >= 4 is 28.6 Å². The summed E-state index contributed by atoms with van der Waals surface area (Å²) in [5, 5.41) is 14.7. The fraction of sp³-hybridized carbons (Fsp3) is 0.333. The van der Waals surface area contributed by atoms with Gasteiger partial charge < -0.3 is 15.7 Å².